The van der Waals surface area contributed by atoms with Crippen molar-refractivity contribution in [2.24, 2.45) is 0 Å². The summed E-state index contributed by atoms with van der Waals surface area (Å²) in [7, 11) is 1.62. The smallest absolute Gasteiger partial charge is 0.287 e. The van der Waals surface area contributed by atoms with Crippen molar-refractivity contribution in [3.63, 3.8) is 0 Å². The van der Waals surface area contributed by atoms with Gasteiger partial charge in [0.2, 0.25) is 5.82 Å². The molecule has 1 aromatic carbocycles. The Balaban J connectivity index is 1.74. The maximum atomic E-state index is 12.7. The summed E-state index contributed by atoms with van der Waals surface area (Å²) in [6, 6.07) is 13.0. The van der Waals surface area contributed by atoms with Gasteiger partial charge in [0.25, 0.3) is 11.8 Å². The third-order valence-electron chi connectivity index (χ3n) is 4.21. The first-order valence-corrected chi connectivity index (χ1v) is 8.91. The lowest BCUT2D eigenvalue weighted by Gasteiger charge is -2.06. The molecule has 2 aromatic heterocycles. The average molecular weight is 378 g/mol. The summed E-state index contributed by atoms with van der Waals surface area (Å²) < 4.78 is 6.82. The molecule has 28 heavy (non-hydrogen) atoms. The van der Waals surface area contributed by atoms with Crippen molar-refractivity contribution in [1.29, 1.82) is 0 Å². The molecule has 2 amide bonds. The van der Waals surface area contributed by atoms with Crippen molar-refractivity contribution in [3.8, 4) is 5.75 Å². The van der Waals surface area contributed by atoms with Gasteiger partial charge in [-0.25, -0.2) is 4.98 Å². The van der Waals surface area contributed by atoms with Gasteiger partial charge >= 0.3 is 0 Å². The van der Waals surface area contributed by atoms with Crippen molar-refractivity contribution >= 4 is 17.3 Å². The fraction of sp³-hybridized carbons (Fsp3) is 0.190. The van der Waals surface area contributed by atoms with Gasteiger partial charge in [0.05, 0.1) is 12.6 Å². The summed E-state index contributed by atoms with van der Waals surface area (Å²) >= 11 is 0. The van der Waals surface area contributed by atoms with Gasteiger partial charge in [-0.15, -0.1) is 6.58 Å². The number of rotatable bonds is 8. The van der Waals surface area contributed by atoms with E-state index in [1.807, 2.05) is 24.3 Å². The molecule has 0 aliphatic carbocycles. The predicted molar refractivity (Wildman–Crippen MR) is 107 cm³/mol. The van der Waals surface area contributed by atoms with E-state index in [1.165, 1.54) is 0 Å². The number of hydrogen-bond acceptors (Lipinski definition) is 4. The van der Waals surface area contributed by atoms with E-state index < -0.39 is 0 Å². The molecule has 0 spiro atoms. The number of nitrogens with zero attached hydrogens (tertiary/aromatic N) is 2. The number of amides is 2. The highest BCUT2D eigenvalue weighted by Gasteiger charge is 2.20. The molecule has 0 saturated carbocycles. The number of aromatic nitrogens is 2. The first kappa shape index (κ1) is 19.2. The molecule has 2 N–H and O–H groups in total. The standard InChI is InChI=1S/C21H22N4O3/c1-3-11-22-20(26)18-17-9-4-5-13-25(17)19(24-18)21(27)23-12-10-15-7-6-8-16(14-15)28-2/h3-9,13-14H,1,10-12H2,2H3,(H,22,26)(H,23,27). The van der Waals surface area contributed by atoms with Gasteiger partial charge < -0.3 is 15.4 Å². The zero-order valence-corrected chi connectivity index (χ0v) is 15.6. The van der Waals surface area contributed by atoms with E-state index >= 15 is 0 Å². The Morgan fingerprint density at radius 1 is 1.18 bits per heavy atom. The summed E-state index contributed by atoms with van der Waals surface area (Å²) in [5, 5.41) is 5.55. The Kier molecular flexibility index (Phi) is 6.06. The van der Waals surface area contributed by atoms with Crippen LogP contribution in [0.3, 0.4) is 0 Å². The van der Waals surface area contributed by atoms with Crippen LogP contribution in [0.4, 0.5) is 0 Å². The van der Waals surface area contributed by atoms with E-state index in [2.05, 4.69) is 22.2 Å². The maximum absolute atomic E-state index is 12.7. The minimum absolute atomic E-state index is 0.171. The number of nitrogens with one attached hydrogen (secondary N) is 2. The van der Waals surface area contributed by atoms with Gasteiger partial charge in [-0.05, 0) is 36.2 Å². The largest absolute Gasteiger partial charge is 0.497 e. The van der Waals surface area contributed by atoms with Crippen LogP contribution >= 0.6 is 0 Å². The molecular formula is C21H22N4O3. The van der Waals surface area contributed by atoms with Crippen molar-refractivity contribution in [2.75, 3.05) is 20.2 Å². The van der Waals surface area contributed by atoms with Crippen molar-refractivity contribution < 1.29 is 14.3 Å². The molecule has 0 aliphatic rings. The summed E-state index contributed by atoms with van der Waals surface area (Å²) in [5.41, 5.74) is 1.83. The Labute approximate surface area is 163 Å². The van der Waals surface area contributed by atoms with Crippen molar-refractivity contribution in [3.05, 3.63) is 78.4 Å². The molecule has 2 heterocycles. The Morgan fingerprint density at radius 2 is 2.04 bits per heavy atom. The van der Waals surface area contributed by atoms with Crippen LogP contribution in [0, 0.1) is 0 Å². The van der Waals surface area contributed by atoms with Crippen LogP contribution < -0.4 is 15.4 Å². The quantitative estimate of drug-likeness (QED) is 0.589. The molecular weight excluding hydrogens is 356 g/mol. The predicted octanol–water partition coefficient (Wildman–Crippen LogP) is 2.23. The van der Waals surface area contributed by atoms with E-state index in [1.54, 1.807) is 42.0 Å². The first-order valence-electron chi connectivity index (χ1n) is 8.91. The van der Waals surface area contributed by atoms with Gasteiger partial charge in [0.15, 0.2) is 5.69 Å². The summed E-state index contributed by atoms with van der Waals surface area (Å²) in [5.74, 6) is 0.258. The van der Waals surface area contributed by atoms with E-state index in [-0.39, 0.29) is 23.3 Å². The zero-order valence-electron chi connectivity index (χ0n) is 15.6. The van der Waals surface area contributed by atoms with Crippen LogP contribution in [0.5, 0.6) is 5.75 Å². The van der Waals surface area contributed by atoms with Gasteiger partial charge in [-0.3, -0.25) is 14.0 Å². The summed E-state index contributed by atoms with van der Waals surface area (Å²) in [6.07, 6.45) is 3.95. The molecule has 0 fully saturated rings. The first-order chi connectivity index (χ1) is 13.6. The topological polar surface area (TPSA) is 84.7 Å². The molecule has 0 atom stereocenters. The van der Waals surface area contributed by atoms with Crippen LogP contribution in [0.2, 0.25) is 0 Å². The molecule has 0 radical (unpaired) electrons. The minimum atomic E-state index is -0.348. The van der Waals surface area contributed by atoms with Gasteiger partial charge in [0, 0.05) is 19.3 Å². The fourth-order valence-corrected chi connectivity index (χ4v) is 2.84. The molecule has 3 aromatic rings. The highest BCUT2D eigenvalue weighted by atomic mass is 16.5. The Bertz CT molecular complexity index is 1010. The van der Waals surface area contributed by atoms with Crippen LogP contribution in [-0.4, -0.2) is 41.4 Å². The monoisotopic (exact) mass is 378 g/mol. The third kappa shape index (κ3) is 4.20. The number of carbonyl (C=O) groups is 2. The normalized spacial score (nSPS) is 10.5. The highest BCUT2D eigenvalue weighted by molar-refractivity contribution is 6.02. The minimum Gasteiger partial charge on any atom is -0.497 e. The second-order valence-corrected chi connectivity index (χ2v) is 6.10. The molecule has 7 heteroatoms. The lowest BCUT2D eigenvalue weighted by molar-refractivity contribution is 0.0943. The molecule has 7 nitrogen and oxygen atoms in total. The van der Waals surface area contributed by atoms with Crippen LogP contribution in [0.1, 0.15) is 26.7 Å². The molecule has 0 bridgehead atoms. The molecule has 144 valence electrons. The number of carbonyl (C=O) groups excluding carboxylic acids is 2. The lowest BCUT2D eigenvalue weighted by Crippen LogP contribution is -2.28. The number of methoxy groups -OCH3 is 1. The maximum Gasteiger partial charge on any atom is 0.287 e. The van der Waals surface area contributed by atoms with Crippen molar-refractivity contribution in [1.82, 2.24) is 20.0 Å². The highest BCUT2D eigenvalue weighted by Crippen LogP contribution is 2.14. The number of benzene rings is 1. The Morgan fingerprint density at radius 3 is 2.82 bits per heavy atom. The number of fused-ring (bicyclic) bond motifs is 1. The molecule has 0 aliphatic heterocycles. The van der Waals surface area contributed by atoms with Gasteiger partial charge in [-0.1, -0.05) is 24.3 Å². The lowest BCUT2D eigenvalue weighted by atomic mass is 10.1. The van der Waals surface area contributed by atoms with Crippen molar-refractivity contribution in [2.45, 2.75) is 6.42 Å². The number of pyridine rings is 1. The number of imidazole rings is 1. The fourth-order valence-electron chi connectivity index (χ4n) is 2.84. The zero-order chi connectivity index (χ0) is 19.9. The average Bonchev–Trinajstić information content (AvgIpc) is 3.12. The molecule has 3 rings (SSSR count). The van der Waals surface area contributed by atoms with E-state index in [4.69, 9.17) is 4.74 Å². The molecule has 0 saturated heterocycles. The third-order valence-corrected chi connectivity index (χ3v) is 4.21. The van der Waals surface area contributed by atoms with Crippen LogP contribution in [0.15, 0.2) is 61.3 Å². The molecule has 0 unspecified atom stereocenters. The van der Waals surface area contributed by atoms with E-state index in [9.17, 15) is 9.59 Å². The SMILES string of the molecule is C=CCNC(=O)c1nc(C(=O)NCCc2cccc(OC)c2)n2ccccc12. The summed E-state index contributed by atoms with van der Waals surface area (Å²) in [4.78, 5) is 29.3. The van der Waals surface area contributed by atoms with E-state index in [0.717, 1.165) is 11.3 Å². The summed E-state index contributed by atoms with van der Waals surface area (Å²) in [6.45, 7) is 4.34. The van der Waals surface area contributed by atoms with E-state index in [0.29, 0.717) is 25.0 Å². The second-order valence-electron chi connectivity index (χ2n) is 6.10. The second kappa shape index (κ2) is 8.85. The van der Waals surface area contributed by atoms with Crippen LogP contribution in [0.25, 0.3) is 5.52 Å². The Hall–Kier alpha value is -3.61. The number of ether oxygens (including phenoxy) is 1. The van der Waals surface area contributed by atoms with Gasteiger partial charge in [-0.2, -0.15) is 0 Å². The number of hydrogen-bond donors (Lipinski definition) is 2. The van der Waals surface area contributed by atoms with Gasteiger partial charge in [0.1, 0.15) is 5.75 Å². The van der Waals surface area contributed by atoms with Crippen LogP contribution in [-0.2, 0) is 6.42 Å².